The molecule has 1 aromatic heterocycles. The molecule has 0 bridgehead atoms. The Kier molecular flexibility index (Phi) is 4.58. The van der Waals surface area contributed by atoms with Crippen LogP contribution in [0.5, 0.6) is 0 Å². The predicted octanol–water partition coefficient (Wildman–Crippen LogP) is 1.48. The number of hydrogen-bond donors (Lipinski definition) is 1. The summed E-state index contributed by atoms with van der Waals surface area (Å²) in [7, 11) is -3.01. The zero-order valence-corrected chi connectivity index (χ0v) is 12.2. The lowest BCUT2D eigenvalue weighted by Gasteiger charge is -2.27. The minimum atomic E-state index is -3.01. The summed E-state index contributed by atoms with van der Waals surface area (Å²) in [6.07, 6.45) is 5.76. The minimum Gasteiger partial charge on any atom is -0.326 e. The van der Waals surface area contributed by atoms with Crippen LogP contribution in [0.3, 0.4) is 0 Å². The van der Waals surface area contributed by atoms with Gasteiger partial charge >= 0.3 is 0 Å². The maximum absolute atomic E-state index is 12.0. The molecule has 2 rings (SSSR count). The molecule has 1 fully saturated rings. The highest BCUT2D eigenvalue weighted by molar-refractivity contribution is 7.92. The maximum atomic E-state index is 12.0. The van der Waals surface area contributed by atoms with Crippen molar-refractivity contribution < 1.29 is 8.42 Å². The summed E-state index contributed by atoms with van der Waals surface area (Å²) < 4.78 is 24.0. The lowest BCUT2D eigenvalue weighted by atomic mass is 10.0. The molecule has 0 amide bonds. The fraction of sp³-hybridized carbons (Fsp3) is 0.643. The number of aryl methyl sites for hydroxylation is 1. The van der Waals surface area contributed by atoms with Crippen molar-refractivity contribution in [1.82, 2.24) is 4.98 Å². The lowest BCUT2D eigenvalue weighted by Crippen LogP contribution is -2.45. The van der Waals surface area contributed by atoms with Crippen molar-refractivity contribution in [1.29, 1.82) is 0 Å². The van der Waals surface area contributed by atoms with Gasteiger partial charge in [-0.15, -0.1) is 0 Å². The molecule has 0 aromatic carbocycles. The van der Waals surface area contributed by atoms with Crippen LogP contribution in [0.2, 0.25) is 0 Å². The molecule has 106 valence electrons. The molecule has 4 nitrogen and oxygen atoms in total. The van der Waals surface area contributed by atoms with Gasteiger partial charge in [-0.2, -0.15) is 0 Å². The number of pyridine rings is 1. The number of sulfone groups is 1. The van der Waals surface area contributed by atoms with Crippen LogP contribution in [0.15, 0.2) is 18.3 Å². The second-order valence-corrected chi connectivity index (χ2v) is 7.62. The van der Waals surface area contributed by atoms with Gasteiger partial charge in [0.15, 0.2) is 9.84 Å². The Balaban J connectivity index is 2.05. The molecule has 5 heteroatoms. The van der Waals surface area contributed by atoms with Gasteiger partial charge in [-0.3, -0.25) is 4.98 Å². The van der Waals surface area contributed by atoms with E-state index in [1.165, 1.54) is 5.56 Å². The van der Waals surface area contributed by atoms with Crippen LogP contribution < -0.4 is 5.73 Å². The molecule has 1 aliphatic rings. The highest BCUT2D eigenvalue weighted by atomic mass is 32.2. The van der Waals surface area contributed by atoms with Crippen LogP contribution in [0, 0.1) is 0 Å². The first-order valence-electron chi connectivity index (χ1n) is 6.94. The highest BCUT2D eigenvalue weighted by Gasteiger charge is 2.33. The number of nitrogens with zero attached hydrogens (tertiary/aromatic N) is 1. The van der Waals surface area contributed by atoms with Gasteiger partial charge in [0.05, 0.1) is 11.0 Å². The van der Waals surface area contributed by atoms with Gasteiger partial charge in [0.2, 0.25) is 0 Å². The molecule has 1 aliphatic heterocycles. The Hall–Kier alpha value is -0.940. The predicted molar refractivity (Wildman–Crippen MR) is 76.7 cm³/mol. The van der Waals surface area contributed by atoms with Crippen LogP contribution in [-0.2, 0) is 22.7 Å². The molecule has 0 spiro atoms. The van der Waals surface area contributed by atoms with E-state index in [1.54, 1.807) is 0 Å². The third kappa shape index (κ3) is 3.54. The standard InChI is InChI=1S/C14H22N2O2S/c1-2-11-6-7-12(16-10-11)9-13(15)14-5-3-4-8-19(14,17)18/h6-7,10,13-14H,2-5,8-9,15H2,1H3. The van der Waals surface area contributed by atoms with Gasteiger partial charge in [-0.05, 0) is 30.9 Å². The summed E-state index contributed by atoms with van der Waals surface area (Å²) in [5.74, 6) is 0.285. The van der Waals surface area contributed by atoms with Crippen molar-refractivity contribution in [3.05, 3.63) is 29.6 Å². The first kappa shape index (κ1) is 14.5. The zero-order chi connectivity index (χ0) is 13.9. The van der Waals surface area contributed by atoms with E-state index in [2.05, 4.69) is 11.9 Å². The van der Waals surface area contributed by atoms with Crippen LogP contribution in [0.4, 0.5) is 0 Å². The quantitative estimate of drug-likeness (QED) is 0.908. The molecule has 2 unspecified atom stereocenters. The number of hydrogen-bond acceptors (Lipinski definition) is 4. The summed E-state index contributed by atoms with van der Waals surface area (Å²) in [4.78, 5) is 4.36. The molecule has 19 heavy (non-hydrogen) atoms. The first-order chi connectivity index (χ1) is 9.03. The Labute approximate surface area is 115 Å². The molecule has 2 N–H and O–H groups in total. The number of aromatic nitrogens is 1. The number of rotatable bonds is 4. The van der Waals surface area contributed by atoms with Crippen LogP contribution >= 0.6 is 0 Å². The van der Waals surface area contributed by atoms with E-state index in [4.69, 9.17) is 5.73 Å². The second-order valence-electron chi connectivity index (χ2n) is 5.28. The van der Waals surface area contributed by atoms with Crippen LogP contribution in [0.1, 0.15) is 37.4 Å². The molecule has 0 aliphatic carbocycles. The molecule has 2 atom stereocenters. The Morgan fingerprint density at radius 2 is 2.21 bits per heavy atom. The molecular formula is C14H22N2O2S. The van der Waals surface area contributed by atoms with Crippen LogP contribution in [0.25, 0.3) is 0 Å². The molecule has 1 aromatic rings. The monoisotopic (exact) mass is 282 g/mol. The summed E-state index contributed by atoms with van der Waals surface area (Å²) in [6.45, 7) is 2.08. The summed E-state index contributed by atoms with van der Waals surface area (Å²) in [6, 6.07) is 3.64. The van der Waals surface area contributed by atoms with Crippen molar-refractivity contribution in [2.24, 2.45) is 5.73 Å². The molecule has 0 saturated carbocycles. The van der Waals surface area contributed by atoms with Crippen molar-refractivity contribution in [3.8, 4) is 0 Å². The Morgan fingerprint density at radius 3 is 2.79 bits per heavy atom. The van der Waals surface area contributed by atoms with E-state index in [1.807, 2.05) is 18.3 Å². The van der Waals surface area contributed by atoms with Crippen molar-refractivity contribution >= 4 is 9.84 Å². The van der Waals surface area contributed by atoms with Crippen molar-refractivity contribution in [2.45, 2.75) is 50.3 Å². The third-order valence-electron chi connectivity index (χ3n) is 3.85. The topological polar surface area (TPSA) is 73.1 Å². The fourth-order valence-electron chi connectivity index (χ4n) is 2.62. The SMILES string of the molecule is CCc1ccc(CC(N)C2CCCCS2(=O)=O)nc1. The molecule has 1 saturated heterocycles. The maximum Gasteiger partial charge on any atom is 0.154 e. The summed E-state index contributed by atoms with van der Waals surface area (Å²) in [5, 5.41) is -0.395. The van der Waals surface area contributed by atoms with E-state index < -0.39 is 15.1 Å². The van der Waals surface area contributed by atoms with E-state index in [9.17, 15) is 8.42 Å². The van der Waals surface area contributed by atoms with Gasteiger partial charge in [0.1, 0.15) is 0 Å². The van der Waals surface area contributed by atoms with E-state index >= 15 is 0 Å². The minimum absolute atomic E-state index is 0.285. The number of nitrogens with two attached hydrogens (primary N) is 1. The van der Waals surface area contributed by atoms with Gasteiger partial charge < -0.3 is 5.73 Å². The largest absolute Gasteiger partial charge is 0.326 e. The smallest absolute Gasteiger partial charge is 0.154 e. The lowest BCUT2D eigenvalue weighted by molar-refractivity contribution is 0.493. The van der Waals surface area contributed by atoms with Crippen molar-refractivity contribution in [2.75, 3.05) is 5.75 Å². The fourth-order valence-corrected chi connectivity index (χ4v) is 4.68. The van der Waals surface area contributed by atoms with E-state index in [0.717, 1.165) is 25.0 Å². The average Bonchev–Trinajstić information content (AvgIpc) is 2.39. The molecule has 2 heterocycles. The Morgan fingerprint density at radius 1 is 1.42 bits per heavy atom. The van der Waals surface area contributed by atoms with E-state index in [-0.39, 0.29) is 11.8 Å². The summed E-state index contributed by atoms with van der Waals surface area (Å²) >= 11 is 0. The normalized spacial score (nSPS) is 24.0. The third-order valence-corrected chi connectivity index (χ3v) is 6.21. The molecular weight excluding hydrogens is 260 g/mol. The van der Waals surface area contributed by atoms with Gasteiger partial charge in [0, 0.05) is 24.4 Å². The van der Waals surface area contributed by atoms with Crippen molar-refractivity contribution in [3.63, 3.8) is 0 Å². The Bertz CT molecular complexity index is 511. The summed E-state index contributed by atoms with van der Waals surface area (Å²) in [5.41, 5.74) is 8.17. The van der Waals surface area contributed by atoms with Gasteiger partial charge in [-0.1, -0.05) is 19.4 Å². The van der Waals surface area contributed by atoms with Gasteiger partial charge in [-0.25, -0.2) is 8.42 Å². The second kappa shape index (κ2) is 6.01. The highest BCUT2D eigenvalue weighted by Crippen LogP contribution is 2.23. The average molecular weight is 282 g/mol. The van der Waals surface area contributed by atoms with Crippen LogP contribution in [-0.4, -0.2) is 30.4 Å². The molecule has 0 radical (unpaired) electrons. The zero-order valence-electron chi connectivity index (χ0n) is 11.4. The first-order valence-corrected chi connectivity index (χ1v) is 8.65. The van der Waals surface area contributed by atoms with Gasteiger partial charge in [0.25, 0.3) is 0 Å². The van der Waals surface area contributed by atoms with E-state index in [0.29, 0.717) is 12.8 Å².